The maximum Gasteiger partial charge on any atom is 0.222 e. The molecule has 1 amide bonds. The van der Waals surface area contributed by atoms with Gasteiger partial charge in [-0.05, 0) is 31.9 Å². The molecule has 2 aliphatic rings. The molecule has 2 aromatic rings. The number of methoxy groups -OCH3 is 1. The monoisotopic (exact) mass is 400 g/mol. The van der Waals surface area contributed by atoms with E-state index in [-0.39, 0.29) is 17.1 Å². The number of piperidine rings is 2. The summed E-state index contributed by atoms with van der Waals surface area (Å²) in [6.07, 6.45) is 8.02. The topological polar surface area (TPSA) is 61.5 Å². The first-order valence-corrected chi connectivity index (χ1v) is 10.4. The van der Waals surface area contributed by atoms with Crippen molar-refractivity contribution in [2.75, 3.05) is 33.3 Å². The molecule has 1 N–H and O–H groups in total. The van der Waals surface area contributed by atoms with Crippen molar-refractivity contribution >= 4 is 5.91 Å². The van der Waals surface area contributed by atoms with E-state index in [1.807, 2.05) is 23.2 Å². The Kier molecular flexibility index (Phi) is 5.85. The highest BCUT2D eigenvalue weighted by atomic mass is 19.1. The molecule has 0 radical (unpaired) electrons. The molecule has 0 aliphatic carbocycles. The maximum atomic E-state index is 14.4. The summed E-state index contributed by atoms with van der Waals surface area (Å²) < 4.78 is 19.5. The highest BCUT2D eigenvalue weighted by Crippen LogP contribution is 2.39. The fraction of sp³-hybridized carbons (Fsp3) is 0.545. The zero-order valence-corrected chi connectivity index (χ0v) is 17.0. The van der Waals surface area contributed by atoms with Gasteiger partial charge in [0.05, 0.1) is 13.4 Å². The van der Waals surface area contributed by atoms with Crippen LogP contribution in [0.3, 0.4) is 0 Å². The van der Waals surface area contributed by atoms with Crippen LogP contribution in [0.1, 0.15) is 36.9 Å². The van der Waals surface area contributed by atoms with Crippen LogP contribution < -0.4 is 4.74 Å². The average molecular weight is 400 g/mol. The molecule has 0 bridgehead atoms. The van der Waals surface area contributed by atoms with E-state index in [2.05, 4.69) is 14.9 Å². The lowest BCUT2D eigenvalue weighted by Gasteiger charge is -2.48. The van der Waals surface area contributed by atoms with Crippen LogP contribution in [0.5, 0.6) is 5.75 Å². The van der Waals surface area contributed by atoms with Crippen molar-refractivity contribution in [1.29, 1.82) is 0 Å². The third kappa shape index (κ3) is 4.61. The molecule has 1 spiro atoms. The Morgan fingerprint density at radius 3 is 2.97 bits per heavy atom. The molecular formula is C22H29FN4O2. The standard InChI is InChI=1S/C22H29FN4O2/c1-29-19-4-3-17(20(23)11-19)13-26-9-2-7-22(14-26)8-5-21(28)27(15-22)10-6-18-12-24-16-25-18/h3-4,11-12,16H,2,5-10,13-15H2,1H3,(H,24,25)/t22-/m1/s1. The van der Waals surface area contributed by atoms with Gasteiger partial charge in [0.2, 0.25) is 5.91 Å². The van der Waals surface area contributed by atoms with Crippen LogP contribution in [0.25, 0.3) is 0 Å². The van der Waals surface area contributed by atoms with Crippen molar-refractivity contribution in [3.05, 3.63) is 47.8 Å². The van der Waals surface area contributed by atoms with Gasteiger partial charge in [-0.1, -0.05) is 6.07 Å². The largest absolute Gasteiger partial charge is 0.497 e. The van der Waals surface area contributed by atoms with Gasteiger partial charge >= 0.3 is 0 Å². The van der Waals surface area contributed by atoms with Crippen molar-refractivity contribution in [3.63, 3.8) is 0 Å². The molecule has 0 unspecified atom stereocenters. The van der Waals surface area contributed by atoms with Gasteiger partial charge in [0, 0.05) is 68.0 Å². The van der Waals surface area contributed by atoms with Crippen molar-refractivity contribution in [2.45, 2.75) is 38.6 Å². The van der Waals surface area contributed by atoms with Gasteiger partial charge in [-0.2, -0.15) is 0 Å². The molecule has 2 saturated heterocycles. The molecule has 1 aromatic carbocycles. The summed E-state index contributed by atoms with van der Waals surface area (Å²) in [4.78, 5) is 24.0. The molecule has 3 heterocycles. The molecule has 7 heteroatoms. The van der Waals surface area contributed by atoms with E-state index in [1.165, 1.54) is 6.07 Å². The molecule has 4 rings (SSSR count). The third-order valence-corrected chi connectivity index (χ3v) is 6.35. The fourth-order valence-electron chi connectivity index (χ4n) is 4.79. The number of imidazole rings is 1. The number of benzene rings is 1. The summed E-state index contributed by atoms with van der Waals surface area (Å²) in [5, 5.41) is 0. The fourth-order valence-corrected chi connectivity index (χ4v) is 4.79. The van der Waals surface area contributed by atoms with Crippen molar-refractivity contribution in [1.82, 2.24) is 19.8 Å². The van der Waals surface area contributed by atoms with Gasteiger partial charge in [0.25, 0.3) is 0 Å². The van der Waals surface area contributed by atoms with E-state index < -0.39 is 0 Å². The predicted molar refractivity (Wildman–Crippen MR) is 108 cm³/mol. The van der Waals surface area contributed by atoms with Gasteiger partial charge in [0.15, 0.2) is 0 Å². The minimum Gasteiger partial charge on any atom is -0.497 e. The summed E-state index contributed by atoms with van der Waals surface area (Å²) in [5.41, 5.74) is 1.87. The SMILES string of the molecule is COc1ccc(CN2CCC[C@@]3(CCC(=O)N(CCc4cnc[nH]4)C3)C2)c(F)c1. The first kappa shape index (κ1) is 19.9. The molecule has 2 fully saturated rings. The summed E-state index contributed by atoms with van der Waals surface area (Å²) in [7, 11) is 1.55. The zero-order valence-electron chi connectivity index (χ0n) is 17.0. The number of nitrogens with one attached hydrogen (secondary N) is 1. The van der Waals surface area contributed by atoms with Crippen LogP contribution in [0.2, 0.25) is 0 Å². The van der Waals surface area contributed by atoms with Crippen LogP contribution in [0.15, 0.2) is 30.7 Å². The predicted octanol–water partition coefficient (Wildman–Crippen LogP) is 3.00. The number of amides is 1. The number of rotatable bonds is 6. The summed E-state index contributed by atoms with van der Waals surface area (Å²) in [6.45, 7) is 3.98. The molecule has 6 nitrogen and oxygen atoms in total. The number of aromatic nitrogens is 2. The molecule has 1 aromatic heterocycles. The van der Waals surface area contributed by atoms with Gasteiger partial charge < -0.3 is 14.6 Å². The molecule has 1 atom stereocenters. The van der Waals surface area contributed by atoms with Crippen molar-refractivity contribution in [3.8, 4) is 5.75 Å². The summed E-state index contributed by atoms with van der Waals surface area (Å²) in [5.74, 6) is 0.567. The first-order chi connectivity index (χ1) is 14.1. The Morgan fingerprint density at radius 1 is 1.31 bits per heavy atom. The molecule has 2 aliphatic heterocycles. The normalized spacial score (nSPS) is 23.0. The van der Waals surface area contributed by atoms with Crippen molar-refractivity contribution < 1.29 is 13.9 Å². The van der Waals surface area contributed by atoms with Crippen LogP contribution in [0.4, 0.5) is 4.39 Å². The Balaban J connectivity index is 1.40. The number of carbonyl (C=O) groups is 1. The van der Waals surface area contributed by atoms with Gasteiger partial charge in [-0.25, -0.2) is 9.37 Å². The Hall–Kier alpha value is -2.41. The number of aromatic amines is 1. The minimum atomic E-state index is -0.219. The van der Waals surface area contributed by atoms with Crippen LogP contribution in [0, 0.1) is 11.2 Å². The molecule has 156 valence electrons. The second-order valence-electron chi connectivity index (χ2n) is 8.41. The van der Waals surface area contributed by atoms with Crippen LogP contribution in [-0.2, 0) is 17.8 Å². The van der Waals surface area contributed by atoms with E-state index in [4.69, 9.17) is 4.74 Å². The number of likely N-dealkylation sites (tertiary alicyclic amines) is 2. The summed E-state index contributed by atoms with van der Waals surface area (Å²) in [6, 6.07) is 5.08. The quantitative estimate of drug-likeness (QED) is 0.810. The highest BCUT2D eigenvalue weighted by molar-refractivity contribution is 5.77. The lowest BCUT2D eigenvalue weighted by Crippen LogP contribution is -2.54. The minimum absolute atomic E-state index is 0.114. The van der Waals surface area contributed by atoms with Gasteiger partial charge in [-0.3, -0.25) is 9.69 Å². The highest BCUT2D eigenvalue weighted by Gasteiger charge is 2.41. The van der Waals surface area contributed by atoms with E-state index in [0.717, 1.165) is 57.6 Å². The Bertz CT molecular complexity index is 841. The van der Waals surface area contributed by atoms with Crippen LogP contribution >= 0.6 is 0 Å². The number of ether oxygens (including phenoxy) is 1. The third-order valence-electron chi connectivity index (χ3n) is 6.35. The zero-order chi connectivity index (χ0) is 20.3. The number of hydrogen-bond donors (Lipinski definition) is 1. The number of carbonyl (C=O) groups excluding carboxylic acids is 1. The molecule has 0 saturated carbocycles. The smallest absolute Gasteiger partial charge is 0.222 e. The van der Waals surface area contributed by atoms with E-state index in [1.54, 1.807) is 13.4 Å². The number of hydrogen-bond acceptors (Lipinski definition) is 4. The van der Waals surface area contributed by atoms with Gasteiger partial charge in [0.1, 0.15) is 11.6 Å². The lowest BCUT2D eigenvalue weighted by atomic mass is 9.73. The molecule has 29 heavy (non-hydrogen) atoms. The first-order valence-electron chi connectivity index (χ1n) is 10.4. The second kappa shape index (κ2) is 8.53. The van der Waals surface area contributed by atoms with Crippen molar-refractivity contribution in [2.24, 2.45) is 5.41 Å². The lowest BCUT2D eigenvalue weighted by molar-refractivity contribution is -0.139. The van der Waals surface area contributed by atoms with E-state index in [9.17, 15) is 9.18 Å². The second-order valence-corrected chi connectivity index (χ2v) is 8.41. The van der Waals surface area contributed by atoms with E-state index >= 15 is 0 Å². The summed E-state index contributed by atoms with van der Waals surface area (Å²) >= 11 is 0. The maximum absolute atomic E-state index is 14.4. The number of H-pyrrole nitrogens is 1. The number of nitrogens with zero attached hydrogens (tertiary/aromatic N) is 3. The average Bonchev–Trinajstić information content (AvgIpc) is 3.24. The Labute approximate surface area is 171 Å². The van der Waals surface area contributed by atoms with Crippen LogP contribution in [-0.4, -0.2) is 59.0 Å². The molecular weight excluding hydrogens is 371 g/mol. The number of halogens is 1. The van der Waals surface area contributed by atoms with Gasteiger partial charge in [-0.15, -0.1) is 0 Å². The Morgan fingerprint density at radius 2 is 2.21 bits per heavy atom. The van der Waals surface area contributed by atoms with E-state index in [0.29, 0.717) is 24.3 Å².